The van der Waals surface area contributed by atoms with Gasteiger partial charge in [-0.2, -0.15) is 0 Å². The van der Waals surface area contributed by atoms with Gasteiger partial charge >= 0.3 is 6.03 Å². The van der Waals surface area contributed by atoms with Gasteiger partial charge in [-0.3, -0.25) is 15.0 Å². The van der Waals surface area contributed by atoms with Crippen molar-refractivity contribution < 1.29 is 9.59 Å². The average Bonchev–Trinajstić information content (AvgIpc) is 2.12. The van der Waals surface area contributed by atoms with Gasteiger partial charge in [-0.05, 0) is 27.7 Å². The average molecular weight is 256 g/mol. The van der Waals surface area contributed by atoms with Crippen molar-refractivity contribution in [1.29, 1.82) is 0 Å². The molecule has 0 aromatic carbocycles. The highest BCUT2D eigenvalue weighted by atomic mass is 16.2. The number of carbonyl (C=O) groups is 2. The second-order valence-electron chi connectivity index (χ2n) is 5.34. The molecule has 1 aliphatic heterocycles. The SMILES string of the molecule is CC(C)NC(=O)NC(=O)CN1CC(C)NC(C)C1. The third kappa shape index (κ3) is 5.46. The van der Waals surface area contributed by atoms with E-state index in [1.807, 2.05) is 13.8 Å². The van der Waals surface area contributed by atoms with E-state index in [-0.39, 0.29) is 18.5 Å². The number of nitrogens with one attached hydrogen (secondary N) is 3. The van der Waals surface area contributed by atoms with E-state index >= 15 is 0 Å². The molecule has 0 spiro atoms. The maximum absolute atomic E-state index is 11.7. The molecule has 2 unspecified atom stereocenters. The van der Waals surface area contributed by atoms with Crippen LogP contribution in [0.1, 0.15) is 27.7 Å². The normalized spacial score (nSPS) is 24.9. The summed E-state index contributed by atoms with van der Waals surface area (Å²) in [7, 11) is 0. The van der Waals surface area contributed by atoms with Crippen LogP contribution in [0.2, 0.25) is 0 Å². The molecule has 6 nitrogen and oxygen atoms in total. The number of piperazine rings is 1. The fourth-order valence-corrected chi connectivity index (χ4v) is 2.24. The van der Waals surface area contributed by atoms with Crippen LogP contribution >= 0.6 is 0 Å². The summed E-state index contributed by atoms with van der Waals surface area (Å²) in [6.45, 7) is 9.79. The number of urea groups is 1. The second kappa shape index (κ2) is 6.70. The first-order valence-corrected chi connectivity index (χ1v) is 6.45. The van der Waals surface area contributed by atoms with Crippen LogP contribution in [0.3, 0.4) is 0 Å². The topological polar surface area (TPSA) is 73.5 Å². The number of amides is 3. The van der Waals surface area contributed by atoms with Gasteiger partial charge in [0.2, 0.25) is 5.91 Å². The van der Waals surface area contributed by atoms with E-state index < -0.39 is 6.03 Å². The molecule has 0 saturated carbocycles. The molecule has 1 saturated heterocycles. The summed E-state index contributed by atoms with van der Waals surface area (Å²) in [4.78, 5) is 25.1. The van der Waals surface area contributed by atoms with Crippen LogP contribution in [-0.4, -0.2) is 54.6 Å². The van der Waals surface area contributed by atoms with E-state index in [0.29, 0.717) is 12.1 Å². The van der Waals surface area contributed by atoms with Gasteiger partial charge in [-0.1, -0.05) is 0 Å². The van der Waals surface area contributed by atoms with Crippen molar-refractivity contribution in [2.24, 2.45) is 0 Å². The zero-order valence-corrected chi connectivity index (χ0v) is 11.6. The first-order chi connectivity index (χ1) is 8.36. The van der Waals surface area contributed by atoms with Crippen molar-refractivity contribution in [1.82, 2.24) is 20.9 Å². The first-order valence-electron chi connectivity index (χ1n) is 6.45. The van der Waals surface area contributed by atoms with Gasteiger partial charge in [-0.25, -0.2) is 4.79 Å². The van der Waals surface area contributed by atoms with Gasteiger partial charge < -0.3 is 10.6 Å². The molecule has 1 aliphatic rings. The van der Waals surface area contributed by atoms with Gasteiger partial charge in [0.25, 0.3) is 0 Å². The zero-order valence-electron chi connectivity index (χ0n) is 11.6. The fraction of sp³-hybridized carbons (Fsp3) is 0.833. The van der Waals surface area contributed by atoms with Crippen LogP contribution < -0.4 is 16.0 Å². The van der Waals surface area contributed by atoms with Crippen LogP contribution in [0.4, 0.5) is 4.79 Å². The quantitative estimate of drug-likeness (QED) is 0.659. The lowest BCUT2D eigenvalue weighted by atomic mass is 10.1. The predicted octanol–water partition coefficient (Wildman–Crippen LogP) is -0.0972. The van der Waals surface area contributed by atoms with Crippen LogP contribution in [0, 0.1) is 0 Å². The van der Waals surface area contributed by atoms with Crippen LogP contribution in [0.5, 0.6) is 0 Å². The highest BCUT2D eigenvalue weighted by Gasteiger charge is 2.22. The Morgan fingerprint density at radius 2 is 1.83 bits per heavy atom. The number of carbonyl (C=O) groups excluding carboxylic acids is 2. The van der Waals surface area contributed by atoms with E-state index in [1.54, 1.807) is 0 Å². The van der Waals surface area contributed by atoms with Crippen LogP contribution in [-0.2, 0) is 4.79 Å². The Morgan fingerprint density at radius 1 is 1.28 bits per heavy atom. The van der Waals surface area contributed by atoms with Gasteiger partial charge in [-0.15, -0.1) is 0 Å². The summed E-state index contributed by atoms with van der Waals surface area (Å²) in [5, 5.41) is 8.36. The van der Waals surface area contributed by atoms with Crippen molar-refractivity contribution in [2.75, 3.05) is 19.6 Å². The van der Waals surface area contributed by atoms with Crippen LogP contribution in [0.15, 0.2) is 0 Å². The number of nitrogens with zero attached hydrogens (tertiary/aromatic N) is 1. The molecule has 1 rings (SSSR count). The molecule has 0 bridgehead atoms. The highest BCUT2D eigenvalue weighted by Crippen LogP contribution is 2.03. The first kappa shape index (κ1) is 14.9. The molecule has 2 atom stereocenters. The van der Waals surface area contributed by atoms with Crippen molar-refractivity contribution >= 4 is 11.9 Å². The van der Waals surface area contributed by atoms with Gasteiger partial charge in [0.05, 0.1) is 6.54 Å². The number of rotatable bonds is 3. The molecule has 0 aromatic heterocycles. The number of imide groups is 1. The molecule has 1 fully saturated rings. The lowest BCUT2D eigenvalue weighted by Crippen LogP contribution is -2.56. The maximum Gasteiger partial charge on any atom is 0.321 e. The summed E-state index contributed by atoms with van der Waals surface area (Å²) in [5.74, 6) is -0.255. The number of hydrogen-bond donors (Lipinski definition) is 3. The molecule has 104 valence electrons. The second-order valence-corrected chi connectivity index (χ2v) is 5.34. The van der Waals surface area contributed by atoms with Crippen LogP contribution in [0.25, 0.3) is 0 Å². The minimum absolute atomic E-state index is 0.0250. The van der Waals surface area contributed by atoms with E-state index in [2.05, 4.69) is 34.7 Å². The molecule has 0 aromatic rings. The third-order valence-electron chi connectivity index (χ3n) is 2.67. The summed E-state index contributed by atoms with van der Waals surface area (Å²) < 4.78 is 0. The molecule has 6 heteroatoms. The number of hydrogen-bond acceptors (Lipinski definition) is 4. The highest BCUT2D eigenvalue weighted by molar-refractivity contribution is 5.95. The molecule has 3 amide bonds. The van der Waals surface area contributed by atoms with Crippen molar-refractivity contribution in [2.45, 2.75) is 45.8 Å². The Labute approximate surface area is 108 Å². The Bertz CT molecular complexity index is 296. The van der Waals surface area contributed by atoms with Crippen molar-refractivity contribution in [3.63, 3.8) is 0 Å². The van der Waals surface area contributed by atoms with E-state index in [9.17, 15) is 9.59 Å². The summed E-state index contributed by atoms with van der Waals surface area (Å²) >= 11 is 0. The molecule has 1 heterocycles. The predicted molar refractivity (Wildman–Crippen MR) is 70.3 cm³/mol. The monoisotopic (exact) mass is 256 g/mol. The lowest BCUT2D eigenvalue weighted by molar-refractivity contribution is -0.121. The van der Waals surface area contributed by atoms with Gasteiger partial charge in [0.1, 0.15) is 0 Å². The van der Waals surface area contributed by atoms with Crippen molar-refractivity contribution in [3.05, 3.63) is 0 Å². The molecule has 0 aliphatic carbocycles. The summed E-state index contributed by atoms with van der Waals surface area (Å²) in [6.07, 6.45) is 0. The Kier molecular flexibility index (Phi) is 5.55. The van der Waals surface area contributed by atoms with Crippen molar-refractivity contribution in [3.8, 4) is 0 Å². The minimum Gasteiger partial charge on any atom is -0.336 e. The largest absolute Gasteiger partial charge is 0.336 e. The maximum atomic E-state index is 11.7. The smallest absolute Gasteiger partial charge is 0.321 e. The molecular weight excluding hydrogens is 232 g/mol. The Hall–Kier alpha value is -1.14. The van der Waals surface area contributed by atoms with E-state index in [0.717, 1.165) is 13.1 Å². The van der Waals surface area contributed by atoms with Gasteiger partial charge in [0.15, 0.2) is 0 Å². The minimum atomic E-state index is -0.425. The fourth-order valence-electron chi connectivity index (χ4n) is 2.24. The Balaban J connectivity index is 2.33. The summed E-state index contributed by atoms with van der Waals surface area (Å²) in [5.41, 5.74) is 0. The van der Waals surface area contributed by atoms with E-state index in [4.69, 9.17) is 0 Å². The third-order valence-corrected chi connectivity index (χ3v) is 2.67. The lowest BCUT2D eigenvalue weighted by Gasteiger charge is -2.35. The molecular formula is C12H24N4O2. The Morgan fingerprint density at radius 3 is 2.33 bits per heavy atom. The summed E-state index contributed by atoms with van der Waals surface area (Å²) in [6, 6.07) is 0.334. The molecule has 18 heavy (non-hydrogen) atoms. The van der Waals surface area contributed by atoms with E-state index in [1.165, 1.54) is 0 Å². The molecule has 3 N–H and O–H groups in total. The molecule has 0 radical (unpaired) electrons. The zero-order chi connectivity index (χ0) is 13.7. The standard InChI is InChI=1S/C12H24N4O2/c1-8(2)13-12(18)15-11(17)7-16-5-9(3)14-10(4)6-16/h8-10,14H,5-7H2,1-4H3,(H2,13,15,17,18). The van der Waals surface area contributed by atoms with Gasteiger partial charge in [0, 0.05) is 31.2 Å².